The van der Waals surface area contributed by atoms with Gasteiger partial charge < -0.3 is 4.90 Å². The van der Waals surface area contributed by atoms with Crippen LogP contribution < -0.4 is 0 Å². The molecule has 0 saturated carbocycles. The van der Waals surface area contributed by atoms with Crippen molar-refractivity contribution in [1.82, 2.24) is 4.90 Å². The summed E-state index contributed by atoms with van der Waals surface area (Å²) in [6.45, 7) is 0.735. The van der Waals surface area contributed by atoms with Gasteiger partial charge in [-0.2, -0.15) is 11.3 Å². The number of hydrogen-bond acceptors (Lipinski definition) is 2. The summed E-state index contributed by atoms with van der Waals surface area (Å²) in [5.74, 6) is 0.722. The monoisotopic (exact) mass is 235 g/mol. The number of carbonyl (C=O) groups excluding carboxylic acids is 1. The standard InChI is InChI=1S/C13H17NOS/c1-14(9-12-6-7-16-10-12)13(15)8-11-4-2-3-5-11/h2,4,6-7,10-11H,3,5,8-9H2,1H3/t11-/m0/s1. The Kier molecular flexibility index (Phi) is 3.78. The van der Waals surface area contributed by atoms with E-state index in [4.69, 9.17) is 0 Å². The third-order valence-corrected chi connectivity index (χ3v) is 3.71. The van der Waals surface area contributed by atoms with E-state index in [1.165, 1.54) is 5.56 Å². The summed E-state index contributed by atoms with van der Waals surface area (Å²) in [5.41, 5.74) is 1.22. The molecule has 86 valence electrons. The highest BCUT2D eigenvalue weighted by Crippen LogP contribution is 2.21. The molecule has 2 rings (SSSR count). The van der Waals surface area contributed by atoms with Crippen LogP contribution >= 0.6 is 11.3 Å². The first-order valence-corrected chi connectivity index (χ1v) is 6.61. The SMILES string of the molecule is CN(Cc1ccsc1)C(=O)C[C@H]1C=CCC1. The van der Waals surface area contributed by atoms with E-state index in [0.717, 1.165) is 19.4 Å². The molecule has 1 atom stereocenters. The van der Waals surface area contributed by atoms with Gasteiger partial charge in [-0.05, 0) is 41.1 Å². The molecule has 3 heteroatoms. The van der Waals surface area contributed by atoms with E-state index in [9.17, 15) is 4.79 Å². The Balaban J connectivity index is 1.82. The number of carbonyl (C=O) groups is 1. The minimum Gasteiger partial charge on any atom is -0.341 e. The van der Waals surface area contributed by atoms with Gasteiger partial charge in [0.25, 0.3) is 0 Å². The lowest BCUT2D eigenvalue weighted by atomic mass is 10.0. The molecular weight excluding hydrogens is 218 g/mol. The minimum absolute atomic E-state index is 0.253. The maximum atomic E-state index is 11.9. The van der Waals surface area contributed by atoms with Gasteiger partial charge in [-0.1, -0.05) is 12.2 Å². The molecule has 1 aromatic rings. The second-order valence-electron chi connectivity index (χ2n) is 4.35. The third-order valence-electron chi connectivity index (χ3n) is 2.97. The van der Waals surface area contributed by atoms with E-state index >= 15 is 0 Å². The predicted molar refractivity (Wildman–Crippen MR) is 67.3 cm³/mol. The average molecular weight is 235 g/mol. The average Bonchev–Trinajstić information content (AvgIpc) is 2.90. The van der Waals surface area contributed by atoms with Crippen LogP contribution in [0.15, 0.2) is 29.0 Å². The Morgan fingerprint density at radius 2 is 2.50 bits per heavy atom. The van der Waals surface area contributed by atoms with Crippen molar-refractivity contribution >= 4 is 17.2 Å². The number of amides is 1. The fraction of sp³-hybridized carbons (Fsp3) is 0.462. The predicted octanol–water partition coefficient (Wildman–Crippen LogP) is 3.06. The molecule has 1 aromatic heterocycles. The first kappa shape index (κ1) is 11.4. The molecule has 0 unspecified atom stereocenters. The van der Waals surface area contributed by atoms with Crippen LogP contribution in [-0.4, -0.2) is 17.9 Å². The Morgan fingerprint density at radius 3 is 3.12 bits per heavy atom. The fourth-order valence-electron chi connectivity index (χ4n) is 1.99. The molecule has 0 radical (unpaired) electrons. The largest absolute Gasteiger partial charge is 0.341 e. The number of thiophene rings is 1. The number of nitrogens with zero attached hydrogens (tertiary/aromatic N) is 1. The quantitative estimate of drug-likeness (QED) is 0.734. The molecule has 2 nitrogen and oxygen atoms in total. The van der Waals surface area contributed by atoms with Crippen LogP contribution in [0, 0.1) is 5.92 Å². The maximum absolute atomic E-state index is 11.9. The number of hydrogen-bond donors (Lipinski definition) is 0. The van der Waals surface area contributed by atoms with E-state index in [-0.39, 0.29) is 5.91 Å². The summed E-state index contributed by atoms with van der Waals surface area (Å²) in [5, 5.41) is 4.15. The van der Waals surface area contributed by atoms with Gasteiger partial charge in [0, 0.05) is 20.0 Å². The van der Waals surface area contributed by atoms with E-state index in [1.807, 2.05) is 17.3 Å². The van der Waals surface area contributed by atoms with Gasteiger partial charge >= 0.3 is 0 Å². The molecule has 16 heavy (non-hydrogen) atoms. The zero-order valence-electron chi connectivity index (χ0n) is 9.56. The summed E-state index contributed by atoms with van der Waals surface area (Å²) < 4.78 is 0. The third kappa shape index (κ3) is 2.95. The van der Waals surface area contributed by atoms with Crippen molar-refractivity contribution in [2.75, 3.05) is 7.05 Å². The van der Waals surface area contributed by atoms with Gasteiger partial charge in [0.15, 0.2) is 0 Å². The summed E-state index contributed by atoms with van der Waals surface area (Å²) in [4.78, 5) is 13.7. The van der Waals surface area contributed by atoms with Crippen LogP contribution in [0.4, 0.5) is 0 Å². The van der Waals surface area contributed by atoms with E-state index in [2.05, 4.69) is 23.6 Å². The van der Waals surface area contributed by atoms with Crippen LogP contribution in [0.1, 0.15) is 24.8 Å². The van der Waals surface area contributed by atoms with E-state index in [1.54, 1.807) is 11.3 Å². The molecule has 0 aliphatic heterocycles. The molecule has 0 aromatic carbocycles. The van der Waals surface area contributed by atoms with Crippen molar-refractivity contribution in [2.24, 2.45) is 5.92 Å². The van der Waals surface area contributed by atoms with Gasteiger partial charge in [-0.25, -0.2) is 0 Å². The summed E-state index contributed by atoms with van der Waals surface area (Å²) in [6.07, 6.45) is 7.29. The van der Waals surface area contributed by atoms with Crippen LogP contribution in [0.2, 0.25) is 0 Å². The van der Waals surface area contributed by atoms with E-state index < -0.39 is 0 Å². The smallest absolute Gasteiger partial charge is 0.223 e. The molecule has 0 spiro atoms. The van der Waals surface area contributed by atoms with Crippen LogP contribution in [0.25, 0.3) is 0 Å². The van der Waals surface area contributed by atoms with Gasteiger partial charge in [0.05, 0.1) is 0 Å². The second kappa shape index (κ2) is 5.30. The lowest BCUT2D eigenvalue weighted by molar-refractivity contribution is -0.131. The van der Waals surface area contributed by atoms with Crippen LogP contribution in [0.5, 0.6) is 0 Å². The van der Waals surface area contributed by atoms with Gasteiger partial charge in [0.2, 0.25) is 5.91 Å². The lowest BCUT2D eigenvalue weighted by Gasteiger charge is -2.18. The van der Waals surface area contributed by atoms with Crippen LogP contribution in [0.3, 0.4) is 0 Å². The highest BCUT2D eigenvalue weighted by molar-refractivity contribution is 7.07. The molecule has 0 fully saturated rings. The zero-order valence-corrected chi connectivity index (χ0v) is 10.4. The highest BCUT2D eigenvalue weighted by Gasteiger charge is 2.16. The number of rotatable bonds is 4. The van der Waals surface area contributed by atoms with E-state index in [0.29, 0.717) is 12.3 Å². The Labute approximate surface area is 101 Å². The minimum atomic E-state index is 0.253. The summed E-state index contributed by atoms with van der Waals surface area (Å²) in [7, 11) is 1.89. The zero-order chi connectivity index (χ0) is 11.4. The Bertz CT molecular complexity index is 369. The van der Waals surface area contributed by atoms with Gasteiger partial charge in [-0.3, -0.25) is 4.79 Å². The lowest BCUT2D eigenvalue weighted by Crippen LogP contribution is -2.27. The van der Waals surface area contributed by atoms with Crippen molar-refractivity contribution in [1.29, 1.82) is 0 Å². The van der Waals surface area contributed by atoms with Crippen molar-refractivity contribution < 1.29 is 4.79 Å². The normalized spacial score (nSPS) is 18.9. The molecule has 1 aliphatic carbocycles. The van der Waals surface area contributed by atoms with Crippen LogP contribution in [-0.2, 0) is 11.3 Å². The van der Waals surface area contributed by atoms with Gasteiger partial charge in [-0.15, -0.1) is 0 Å². The van der Waals surface area contributed by atoms with Crippen molar-refractivity contribution in [2.45, 2.75) is 25.8 Å². The molecular formula is C13H17NOS. The van der Waals surface area contributed by atoms with Gasteiger partial charge in [0.1, 0.15) is 0 Å². The maximum Gasteiger partial charge on any atom is 0.223 e. The molecule has 0 saturated heterocycles. The topological polar surface area (TPSA) is 20.3 Å². The van der Waals surface area contributed by atoms with Crippen molar-refractivity contribution in [3.63, 3.8) is 0 Å². The molecule has 0 N–H and O–H groups in total. The summed E-state index contributed by atoms with van der Waals surface area (Å²) in [6, 6.07) is 2.07. The fourth-order valence-corrected chi connectivity index (χ4v) is 2.65. The Morgan fingerprint density at radius 1 is 1.62 bits per heavy atom. The molecule has 1 amide bonds. The second-order valence-corrected chi connectivity index (χ2v) is 5.13. The molecule has 1 aliphatic rings. The molecule has 0 bridgehead atoms. The van der Waals surface area contributed by atoms with Crippen molar-refractivity contribution in [3.05, 3.63) is 34.5 Å². The summed E-state index contributed by atoms with van der Waals surface area (Å²) >= 11 is 1.68. The first-order chi connectivity index (χ1) is 7.75. The molecule has 1 heterocycles. The first-order valence-electron chi connectivity index (χ1n) is 5.67. The van der Waals surface area contributed by atoms with Crippen molar-refractivity contribution in [3.8, 4) is 0 Å². The highest BCUT2D eigenvalue weighted by atomic mass is 32.1. The Hall–Kier alpha value is -1.09. The number of allylic oxidation sites excluding steroid dienone is 2.